The number of rotatable bonds is 9. The summed E-state index contributed by atoms with van der Waals surface area (Å²) in [5.41, 5.74) is 2.16. The first kappa shape index (κ1) is 30.2. The van der Waals surface area contributed by atoms with Crippen LogP contribution in [0.15, 0.2) is 78.9 Å². The number of likely N-dealkylation sites (tertiary alicyclic amines) is 2. The summed E-state index contributed by atoms with van der Waals surface area (Å²) in [5, 5.41) is 4.62. The summed E-state index contributed by atoms with van der Waals surface area (Å²) in [6.45, 7) is 4.80. The molecule has 6 rings (SSSR count). The van der Waals surface area contributed by atoms with E-state index < -0.39 is 10.8 Å². The van der Waals surface area contributed by atoms with Gasteiger partial charge < -0.3 is 15.1 Å². The zero-order chi connectivity index (χ0) is 29.9. The number of hydrogen-bond acceptors (Lipinski definition) is 3. The zero-order valence-electron chi connectivity index (χ0n) is 24.7. The van der Waals surface area contributed by atoms with Crippen LogP contribution in [0.4, 0.5) is 0 Å². The summed E-state index contributed by atoms with van der Waals surface area (Å²) in [6, 6.07) is 26.0. The minimum Gasteiger partial charge on any atom is -0.355 e. The molecule has 3 aromatic carbocycles. The first-order chi connectivity index (χ1) is 20.9. The third-order valence-electron chi connectivity index (χ3n) is 10.1. The van der Waals surface area contributed by atoms with Crippen LogP contribution < -0.4 is 5.32 Å². The van der Waals surface area contributed by atoms with Gasteiger partial charge in [-0.2, -0.15) is 0 Å². The van der Waals surface area contributed by atoms with Crippen molar-refractivity contribution in [1.82, 2.24) is 15.1 Å². The first-order valence-corrected chi connectivity index (χ1v) is 16.5. The zero-order valence-corrected chi connectivity index (χ0v) is 26.3. The third-order valence-corrected chi connectivity index (χ3v) is 10.7. The average molecular weight is 619 g/mol. The maximum absolute atomic E-state index is 14.1. The van der Waals surface area contributed by atoms with Crippen molar-refractivity contribution in [1.29, 1.82) is 0 Å². The number of nitrogens with zero attached hydrogens (tertiary/aromatic N) is 2. The van der Waals surface area contributed by atoms with E-state index in [0.29, 0.717) is 23.9 Å². The molecule has 0 bridgehead atoms. The van der Waals surface area contributed by atoms with E-state index in [9.17, 15) is 9.59 Å². The second-order valence-electron chi connectivity index (χ2n) is 12.6. The van der Waals surface area contributed by atoms with Crippen LogP contribution in [-0.4, -0.2) is 60.9 Å². The van der Waals surface area contributed by atoms with Crippen molar-refractivity contribution < 1.29 is 9.59 Å². The monoisotopic (exact) mass is 617 g/mol. The Morgan fingerprint density at radius 3 is 2.16 bits per heavy atom. The van der Waals surface area contributed by atoms with Gasteiger partial charge in [0, 0.05) is 36.2 Å². The lowest BCUT2D eigenvalue weighted by molar-refractivity contribution is -0.140. The lowest BCUT2D eigenvalue weighted by atomic mass is 9.71. The van der Waals surface area contributed by atoms with Crippen LogP contribution in [-0.2, 0) is 26.8 Å². The van der Waals surface area contributed by atoms with Crippen LogP contribution in [0.2, 0.25) is 10.0 Å². The van der Waals surface area contributed by atoms with Gasteiger partial charge in [0.05, 0.1) is 10.8 Å². The van der Waals surface area contributed by atoms with Gasteiger partial charge in [0.1, 0.15) is 0 Å². The number of carbonyl (C=O) groups is 2. The average Bonchev–Trinajstić information content (AvgIpc) is 3.78. The Hall–Kier alpha value is -2.86. The highest BCUT2D eigenvalue weighted by Crippen LogP contribution is 2.55. The highest BCUT2D eigenvalue weighted by Gasteiger charge is 2.61. The molecule has 0 spiro atoms. The maximum atomic E-state index is 14.1. The highest BCUT2D eigenvalue weighted by atomic mass is 35.5. The molecule has 1 N–H and O–H groups in total. The Labute approximate surface area is 265 Å². The summed E-state index contributed by atoms with van der Waals surface area (Å²) in [6.07, 6.45) is 6.49. The van der Waals surface area contributed by atoms with E-state index in [0.717, 1.165) is 86.5 Å². The molecule has 43 heavy (non-hydrogen) atoms. The Balaban J connectivity index is 1.15. The fourth-order valence-corrected chi connectivity index (χ4v) is 7.80. The standard InChI is InChI=1S/C36H41Cl2N3O2/c37-31-15-13-29(14-16-31)36(33(42)39-20-17-27-9-5-6-12-32(27)38)25-30(36)26-40-23-18-35(19-24-40,28-10-3-1-4-11-28)34(43)41-21-7-2-8-22-41/h1,3-6,9-16,30H,2,7-8,17-26H2,(H,39,42). The minimum atomic E-state index is -0.567. The third kappa shape index (κ3) is 6.22. The van der Waals surface area contributed by atoms with Crippen molar-refractivity contribution in [2.24, 2.45) is 5.92 Å². The van der Waals surface area contributed by atoms with Crippen molar-refractivity contribution in [3.63, 3.8) is 0 Å². The van der Waals surface area contributed by atoms with E-state index in [1.165, 1.54) is 6.42 Å². The molecule has 0 aromatic heterocycles. The molecule has 2 unspecified atom stereocenters. The summed E-state index contributed by atoms with van der Waals surface area (Å²) >= 11 is 12.6. The van der Waals surface area contributed by atoms with E-state index >= 15 is 0 Å². The molecule has 0 radical (unpaired) electrons. The van der Waals surface area contributed by atoms with Gasteiger partial charge in [-0.05, 0) is 98.8 Å². The number of piperidine rings is 2. The van der Waals surface area contributed by atoms with Gasteiger partial charge in [-0.1, -0.05) is 83.9 Å². The summed E-state index contributed by atoms with van der Waals surface area (Å²) in [4.78, 5) is 32.5. The molecule has 3 fully saturated rings. The predicted molar refractivity (Wildman–Crippen MR) is 174 cm³/mol. The highest BCUT2D eigenvalue weighted by molar-refractivity contribution is 6.31. The Morgan fingerprint density at radius 1 is 0.791 bits per heavy atom. The van der Waals surface area contributed by atoms with Gasteiger partial charge in [-0.25, -0.2) is 0 Å². The molecular formula is C36H41Cl2N3O2. The first-order valence-electron chi connectivity index (χ1n) is 15.8. The smallest absolute Gasteiger partial charge is 0.233 e. The second kappa shape index (κ2) is 13.0. The molecule has 3 aliphatic rings. The van der Waals surface area contributed by atoms with Gasteiger partial charge in [0.2, 0.25) is 11.8 Å². The molecule has 2 heterocycles. The van der Waals surface area contributed by atoms with Crippen LogP contribution in [0.3, 0.4) is 0 Å². The van der Waals surface area contributed by atoms with Crippen LogP contribution in [0, 0.1) is 5.92 Å². The lowest BCUT2D eigenvalue weighted by Crippen LogP contribution is -2.54. The van der Waals surface area contributed by atoms with E-state index in [1.54, 1.807) is 0 Å². The largest absolute Gasteiger partial charge is 0.355 e. The molecule has 2 saturated heterocycles. The Bertz CT molecular complexity index is 1420. The van der Waals surface area contributed by atoms with Gasteiger partial charge in [0.25, 0.3) is 0 Å². The number of amides is 2. The van der Waals surface area contributed by atoms with Crippen molar-refractivity contribution >= 4 is 35.0 Å². The molecular weight excluding hydrogens is 577 g/mol. The fourth-order valence-electron chi connectivity index (χ4n) is 7.44. The fraction of sp³-hybridized carbons (Fsp3) is 0.444. The van der Waals surface area contributed by atoms with Crippen LogP contribution in [0.1, 0.15) is 55.2 Å². The van der Waals surface area contributed by atoms with Gasteiger partial charge in [-0.15, -0.1) is 0 Å². The predicted octanol–water partition coefficient (Wildman–Crippen LogP) is 6.66. The molecule has 2 amide bonds. The molecule has 1 aliphatic carbocycles. The molecule has 2 atom stereocenters. The van der Waals surface area contributed by atoms with Gasteiger partial charge >= 0.3 is 0 Å². The SMILES string of the molecule is O=C(N1CCCCC1)C1(c2ccccc2)CCN(CC2CC2(C(=O)NCCc2ccccc2Cl)c2ccc(Cl)cc2)CC1. The molecule has 7 heteroatoms. The Morgan fingerprint density at radius 2 is 1.47 bits per heavy atom. The minimum absolute atomic E-state index is 0.0720. The van der Waals surface area contributed by atoms with E-state index in [2.05, 4.69) is 39.4 Å². The van der Waals surface area contributed by atoms with Gasteiger partial charge in [-0.3, -0.25) is 9.59 Å². The van der Waals surface area contributed by atoms with Crippen molar-refractivity contribution in [3.8, 4) is 0 Å². The van der Waals surface area contributed by atoms with Crippen LogP contribution >= 0.6 is 23.2 Å². The molecule has 2 aliphatic heterocycles. The number of nitrogens with one attached hydrogen (secondary N) is 1. The quantitative estimate of drug-likeness (QED) is 0.292. The molecule has 226 valence electrons. The summed E-state index contributed by atoms with van der Waals surface area (Å²) < 4.78 is 0. The van der Waals surface area contributed by atoms with E-state index in [4.69, 9.17) is 23.2 Å². The number of carbonyl (C=O) groups excluding carboxylic acids is 2. The number of hydrogen-bond donors (Lipinski definition) is 1. The van der Waals surface area contributed by atoms with Crippen LogP contribution in [0.25, 0.3) is 0 Å². The molecule has 1 saturated carbocycles. The van der Waals surface area contributed by atoms with Gasteiger partial charge in [0.15, 0.2) is 0 Å². The Kier molecular flexibility index (Phi) is 9.13. The van der Waals surface area contributed by atoms with Crippen molar-refractivity contribution in [2.45, 2.75) is 55.8 Å². The summed E-state index contributed by atoms with van der Waals surface area (Å²) in [5.74, 6) is 0.580. The van der Waals surface area contributed by atoms with Crippen molar-refractivity contribution in [2.75, 3.05) is 39.3 Å². The normalized spacial score (nSPS) is 23.5. The van der Waals surface area contributed by atoms with E-state index in [-0.39, 0.29) is 11.8 Å². The van der Waals surface area contributed by atoms with E-state index in [1.807, 2.05) is 54.6 Å². The maximum Gasteiger partial charge on any atom is 0.233 e. The topological polar surface area (TPSA) is 52.7 Å². The summed E-state index contributed by atoms with van der Waals surface area (Å²) in [7, 11) is 0. The molecule has 3 aromatic rings. The number of benzene rings is 3. The van der Waals surface area contributed by atoms with Crippen LogP contribution in [0.5, 0.6) is 0 Å². The van der Waals surface area contributed by atoms with Crippen molar-refractivity contribution in [3.05, 3.63) is 106 Å². The lowest BCUT2D eigenvalue weighted by Gasteiger charge is -2.44. The molecule has 5 nitrogen and oxygen atoms in total. The number of halogens is 2. The second-order valence-corrected chi connectivity index (χ2v) is 13.4.